The van der Waals surface area contributed by atoms with Crippen molar-refractivity contribution in [2.45, 2.75) is 26.7 Å². The van der Waals surface area contributed by atoms with Crippen LogP contribution in [0.2, 0.25) is 5.02 Å². The number of unbranched alkanes of at least 4 members (excludes halogenated alkanes) is 1. The quantitative estimate of drug-likeness (QED) is 0.174. The zero-order chi connectivity index (χ0) is 22.4. The van der Waals surface area contributed by atoms with Gasteiger partial charge in [0.25, 0.3) is 5.69 Å². The summed E-state index contributed by atoms with van der Waals surface area (Å²) in [6.45, 7) is 5.02. The first kappa shape index (κ1) is 22.3. The number of esters is 1. The third-order valence-corrected chi connectivity index (χ3v) is 4.65. The summed E-state index contributed by atoms with van der Waals surface area (Å²) >= 11 is 6.11. The summed E-state index contributed by atoms with van der Waals surface area (Å²) in [5.41, 5.74) is 0.877. The molecular formula is C22H21ClN2O6. The topological polar surface area (TPSA) is 100 Å². The highest BCUT2D eigenvalue weighted by molar-refractivity contribution is 6.34. The molecule has 0 bridgehead atoms. The standard InChI is InChI=1S/C22H21ClN2O6/c1-3-5-10-30-19-9-6-14(12-20(19)29-4-2)11-18-22(26)31-21(24-18)16-8-7-15(25(27)28)13-17(16)23/h6-9,11-13H,3-5,10H2,1-2H3/b18-11-. The molecule has 0 aromatic heterocycles. The maximum absolute atomic E-state index is 12.3. The lowest BCUT2D eigenvalue weighted by atomic mass is 10.1. The highest BCUT2D eigenvalue weighted by Gasteiger charge is 2.26. The Balaban J connectivity index is 1.87. The Labute approximate surface area is 184 Å². The molecule has 31 heavy (non-hydrogen) atoms. The van der Waals surface area contributed by atoms with E-state index < -0.39 is 10.9 Å². The first-order valence-corrected chi connectivity index (χ1v) is 10.2. The van der Waals surface area contributed by atoms with Crippen LogP contribution in [0.5, 0.6) is 11.5 Å². The van der Waals surface area contributed by atoms with Gasteiger partial charge in [0, 0.05) is 12.1 Å². The number of nitrogens with zero attached hydrogens (tertiary/aromatic N) is 2. The van der Waals surface area contributed by atoms with E-state index in [2.05, 4.69) is 11.9 Å². The molecule has 0 saturated carbocycles. The SMILES string of the molecule is CCCCOc1ccc(/C=C2\N=C(c3ccc([N+](=O)[O-])cc3Cl)OC2=O)cc1OCC. The number of nitro benzene ring substituents is 1. The molecular weight excluding hydrogens is 424 g/mol. The number of nitro groups is 1. The average Bonchev–Trinajstić information content (AvgIpc) is 3.09. The number of non-ortho nitro benzene ring substituents is 1. The summed E-state index contributed by atoms with van der Waals surface area (Å²) in [4.78, 5) is 26.8. The summed E-state index contributed by atoms with van der Waals surface area (Å²) < 4.78 is 16.6. The molecule has 9 heteroatoms. The van der Waals surface area contributed by atoms with E-state index in [0.29, 0.717) is 35.8 Å². The van der Waals surface area contributed by atoms with Crippen LogP contribution >= 0.6 is 11.6 Å². The molecule has 0 spiro atoms. The van der Waals surface area contributed by atoms with Crippen LogP contribution in [0.1, 0.15) is 37.8 Å². The summed E-state index contributed by atoms with van der Waals surface area (Å²) in [5, 5.41) is 10.9. The Bertz CT molecular complexity index is 1060. The molecule has 1 heterocycles. The zero-order valence-electron chi connectivity index (χ0n) is 17.1. The monoisotopic (exact) mass is 444 g/mol. The molecule has 0 radical (unpaired) electrons. The molecule has 0 atom stereocenters. The predicted molar refractivity (Wildman–Crippen MR) is 117 cm³/mol. The highest BCUT2D eigenvalue weighted by Crippen LogP contribution is 2.31. The molecule has 0 unspecified atom stereocenters. The number of rotatable bonds is 9. The largest absolute Gasteiger partial charge is 0.490 e. The van der Waals surface area contributed by atoms with Crippen LogP contribution in [-0.4, -0.2) is 30.0 Å². The molecule has 0 fully saturated rings. The maximum Gasteiger partial charge on any atom is 0.363 e. The Kier molecular flexibility index (Phi) is 7.25. The average molecular weight is 445 g/mol. The minimum Gasteiger partial charge on any atom is -0.490 e. The Morgan fingerprint density at radius 1 is 1.16 bits per heavy atom. The van der Waals surface area contributed by atoms with Crippen molar-refractivity contribution in [2.75, 3.05) is 13.2 Å². The van der Waals surface area contributed by atoms with Crippen molar-refractivity contribution in [1.29, 1.82) is 0 Å². The number of aliphatic imine (C=N–C) groups is 1. The lowest BCUT2D eigenvalue weighted by Gasteiger charge is -2.12. The van der Waals surface area contributed by atoms with E-state index in [0.717, 1.165) is 12.8 Å². The molecule has 0 saturated heterocycles. The van der Waals surface area contributed by atoms with Gasteiger partial charge in [0.05, 0.1) is 28.7 Å². The predicted octanol–water partition coefficient (Wildman–Crippen LogP) is 5.17. The molecule has 0 aliphatic carbocycles. The van der Waals surface area contributed by atoms with Crippen LogP contribution in [-0.2, 0) is 9.53 Å². The summed E-state index contributed by atoms with van der Waals surface area (Å²) in [7, 11) is 0. The molecule has 162 valence electrons. The number of hydrogen-bond donors (Lipinski definition) is 0. The van der Waals surface area contributed by atoms with Crippen LogP contribution in [0.3, 0.4) is 0 Å². The van der Waals surface area contributed by atoms with Crippen LogP contribution < -0.4 is 9.47 Å². The van der Waals surface area contributed by atoms with Crippen molar-refractivity contribution < 1.29 is 23.9 Å². The van der Waals surface area contributed by atoms with Gasteiger partial charge >= 0.3 is 5.97 Å². The minimum absolute atomic E-state index is 0.0132. The van der Waals surface area contributed by atoms with E-state index in [1.165, 1.54) is 18.2 Å². The molecule has 0 N–H and O–H groups in total. The maximum atomic E-state index is 12.3. The van der Waals surface area contributed by atoms with Gasteiger partial charge in [0.15, 0.2) is 17.2 Å². The van der Waals surface area contributed by atoms with E-state index in [1.807, 2.05) is 6.92 Å². The normalized spacial score (nSPS) is 14.4. The van der Waals surface area contributed by atoms with Gasteiger partial charge in [-0.05, 0) is 43.2 Å². The fraction of sp³-hybridized carbons (Fsp3) is 0.273. The smallest absolute Gasteiger partial charge is 0.363 e. The number of benzene rings is 2. The van der Waals surface area contributed by atoms with Crippen LogP contribution in [0.4, 0.5) is 5.69 Å². The summed E-state index contributed by atoms with van der Waals surface area (Å²) in [6, 6.07) is 9.18. The second kappa shape index (κ2) is 10.1. The van der Waals surface area contributed by atoms with Gasteiger partial charge in [-0.15, -0.1) is 0 Å². The van der Waals surface area contributed by atoms with Crippen molar-refractivity contribution in [1.82, 2.24) is 0 Å². The number of carbonyl (C=O) groups excluding carboxylic acids is 1. The number of cyclic esters (lactones) is 1. The second-order valence-electron chi connectivity index (χ2n) is 6.60. The fourth-order valence-corrected chi connectivity index (χ4v) is 3.06. The van der Waals surface area contributed by atoms with E-state index >= 15 is 0 Å². The van der Waals surface area contributed by atoms with Gasteiger partial charge in [-0.2, -0.15) is 0 Å². The van der Waals surface area contributed by atoms with Crippen LogP contribution in [0.15, 0.2) is 47.1 Å². The van der Waals surface area contributed by atoms with Gasteiger partial charge in [-0.1, -0.05) is 31.0 Å². The number of ether oxygens (including phenoxy) is 3. The van der Waals surface area contributed by atoms with Crippen molar-refractivity contribution in [3.05, 3.63) is 68.4 Å². The van der Waals surface area contributed by atoms with Crippen molar-refractivity contribution in [2.24, 2.45) is 4.99 Å². The van der Waals surface area contributed by atoms with Gasteiger partial charge < -0.3 is 14.2 Å². The molecule has 3 rings (SSSR count). The van der Waals surface area contributed by atoms with E-state index in [9.17, 15) is 14.9 Å². The van der Waals surface area contributed by atoms with Gasteiger partial charge in [0.1, 0.15) is 0 Å². The highest BCUT2D eigenvalue weighted by atomic mass is 35.5. The Morgan fingerprint density at radius 3 is 2.65 bits per heavy atom. The number of halogens is 1. The lowest BCUT2D eigenvalue weighted by Crippen LogP contribution is -2.06. The van der Waals surface area contributed by atoms with Gasteiger partial charge in [-0.25, -0.2) is 9.79 Å². The molecule has 1 aliphatic heterocycles. The molecule has 0 amide bonds. The third kappa shape index (κ3) is 5.40. The Morgan fingerprint density at radius 2 is 1.97 bits per heavy atom. The zero-order valence-corrected chi connectivity index (χ0v) is 17.8. The first-order chi connectivity index (χ1) is 14.9. The summed E-state index contributed by atoms with van der Waals surface area (Å²) in [6.07, 6.45) is 3.52. The minimum atomic E-state index is -0.648. The van der Waals surface area contributed by atoms with Crippen LogP contribution in [0.25, 0.3) is 6.08 Å². The summed E-state index contributed by atoms with van der Waals surface area (Å²) in [5.74, 6) is 0.543. The number of carbonyl (C=O) groups is 1. The van der Waals surface area contributed by atoms with Gasteiger partial charge in [-0.3, -0.25) is 10.1 Å². The Hall–Kier alpha value is -3.39. The van der Waals surface area contributed by atoms with Crippen LogP contribution in [0, 0.1) is 10.1 Å². The molecule has 8 nitrogen and oxygen atoms in total. The van der Waals surface area contributed by atoms with Gasteiger partial charge in [0.2, 0.25) is 5.90 Å². The first-order valence-electron chi connectivity index (χ1n) is 9.79. The second-order valence-corrected chi connectivity index (χ2v) is 7.01. The number of hydrogen-bond acceptors (Lipinski definition) is 7. The van der Waals surface area contributed by atoms with E-state index in [4.69, 9.17) is 25.8 Å². The van der Waals surface area contributed by atoms with E-state index in [1.54, 1.807) is 24.3 Å². The van der Waals surface area contributed by atoms with Crippen molar-refractivity contribution in [3.63, 3.8) is 0 Å². The van der Waals surface area contributed by atoms with E-state index in [-0.39, 0.29) is 22.3 Å². The molecule has 2 aromatic carbocycles. The fourth-order valence-electron chi connectivity index (χ4n) is 2.80. The molecule has 1 aliphatic rings. The van der Waals surface area contributed by atoms with Crippen molar-refractivity contribution in [3.8, 4) is 11.5 Å². The third-order valence-electron chi connectivity index (χ3n) is 4.34. The lowest BCUT2D eigenvalue weighted by molar-refractivity contribution is -0.384. The van der Waals surface area contributed by atoms with Crippen molar-refractivity contribution >= 4 is 35.2 Å². The molecule has 2 aromatic rings.